The van der Waals surface area contributed by atoms with E-state index >= 15 is 0 Å². The quantitative estimate of drug-likeness (QED) is 0.800. The van der Waals surface area contributed by atoms with Crippen LogP contribution in [-0.2, 0) is 0 Å². The molecule has 0 radical (unpaired) electrons. The van der Waals surface area contributed by atoms with Gasteiger partial charge in [0.05, 0.1) is 5.69 Å². The molecule has 19 heavy (non-hydrogen) atoms. The van der Waals surface area contributed by atoms with Crippen LogP contribution < -0.4 is 4.90 Å². The highest BCUT2D eigenvalue weighted by atomic mass is 35.5. The van der Waals surface area contributed by atoms with Gasteiger partial charge in [-0.15, -0.1) is 12.4 Å². The highest BCUT2D eigenvalue weighted by Crippen LogP contribution is 2.26. The Morgan fingerprint density at radius 2 is 1.47 bits per heavy atom. The van der Waals surface area contributed by atoms with Crippen LogP contribution in [0.25, 0.3) is 0 Å². The lowest BCUT2D eigenvalue weighted by atomic mass is 10.2. The van der Waals surface area contributed by atoms with Crippen LogP contribution in [0.5, 0.6) is 5.75 Å². The fourth-order valence-electron chi connectivity index (χ4n) is 1.59. The zero-order chi connectivity index (χ0) is 13.5. The Morgan fingerprint density at radius 3 is 1.89 bits per heavy atom. The molecule has 1 N–H and O–H groups in total. The van der Waals surface area contributed by atoms with E-state index in [1.165, 1.54) is 11.1 Å². The summed E-state index contributed by atoms with van der Waals surface area (Å²) in [6.45, 7) is 9.97. The van der Waals surface area contributed by atoms with Gasteiger partial charge in [-0.3, -0.25) is 0 Å². The second-order valence-electron chi connectivity index (χ2n) is 4.96. The van der Waals surface area contributed by atoms with Gasteiger partial charge < -0.3 is 10.0 Å². The molecule has 0 saturated heterocycles. The van der Waals surface area contributed by atoms with Gasteiger partial charge in [0.2, 0.25) is 0 Å². The van der Waals surface area contributed by atoms with Crippen LogP contribution in [0.3, 0.4) is 0 Å². The largest absolute Gasteiger partial charge is 0.506 e. The summed E-state index contributed by atoms with van der Waals surface area (Å²) >= 11 is 0. The van der Waals surface area contributed by atoms with E-state index in [1.807, 2.05) is 18.2 Å². The fraction of sp³-hybridized carbons (Fsp3) is 0.375. The van der Waals surface area contributed by atoms with Crippen LogP contribution in [0.15, 0.2) is 47.6 Å². The molecule has 0 bridgehead atoms. The summed E-state index contributed by atoms with van der Waals surface area (Å²) in [5, 5.41) is 9.93. The summed E-state index contributed by atoms with van der Waals surface area (Å²) in [5.74, 6) is 0.335. The summed E-state index contributed by atoms with van der Waals surface area (Å²) in [7, 11) is 0. The third-order valence-electron chi connectivity index (χ3n) is 2.66. The molecule has 0 spiro atoms. The van der Waals surface area contributed by atoms with E-state index in [0.29, 0.717) is 5.75 Å². The number of hydrogen-bond acceptors (Lipinski definition) is 2. The minimum Gasteiger partial charge on any atom is -0.506 e. The average molecular weight is 282 g/mol. The molecular weight excluding hydrogens is 258 g/mol. The number of halogens is 1. The normalized spacial score (nSPS) is 9.26. The van der Waals surface area contributed by atoms with Crippen molar-refractivity contribution in [3.05, 3.63) is 47.6 Å². The number of phenols is 1. The third-order valence-corrected chi connectivity index (χ3v) is 2.66. The summed E-state index contributed by atoms with van der Waals surface area (Å²) in [6.07, 6.45) is 4.34. The van der Waals surface area contributed by atoms with Gasteiger partial charge in [0, 0.05) is 13.1 Å². The Kier molecular flexibility index (Phi) is 8.01. The first kappa shape index (κ1) is 17.6. The molecule has 1 aromatic rings. The van der Waals surface area contributed by atoms with Gasteiger partial charge in [-0.05, 0) is 39.8 Å². The molecule has 106 valence electrons. The summed E-state index contributed by atoms with van der Waals surface area (Å²) < 4.78 is 0. The SMILES string of the molecule is CC(C)=CCN(CC=C(C)C)c1ccccc1O.Cl. The van der Waals surface area contributed by atoms with Crippen molar-refractivity contribution in [2.24, 2.45) is 0 Å². The highest BCUT2D eigenvalue weighted by molar-refractivity contribution is 5.85. The van der Waals surface area contributed by atoms with Gasteiger partial charge >= 0.3 is 0 Å². The van der Waals surface area contributed by atoms with E-state index in [9.17, 15) is 5.11 Å². The van der Waals surface area contributed by atoms with Crippen molar-refractivity contribution in [1.82, 2.24) is 0 Å². The maximum atomic E-state index is 9.93. The average Bonchev–Trinajstić information content (AvgIpc) is 2.30. The van der Waals surface area contributed by atoms with Crippen LogP contribution in [0.1, 0.15) is 27.7 Å². The first-order chi connectivity index (χ1) is 8.50. The monoisotopic (exact) mass is 281 g/mol. The van der Waals surface area contributed by atoms with Crippen molar-refractivity contribution in [3.8, 4) is 5.75 Å². The number of anilines is 1. The number of aromatic hydroxyl groups is 1. The fourth-order valence-corrected chi connectivity index (χ4v) is 1.59. The number of nitrogens with zero attached hydrogens (tertiary/aromatic N) is 1. The smallest absolute Gasteiger partial charge is 0.138 e. The first-order valence-electron chi connectivity index (χ1n) is 6.30. The molecule has 0 heterocycles. The van der Waals surface area contributed by atoms with Crippen molar-refractivity contribution in [2.75, 3.05) is 18.0 Å². The van der Waals surface area contributed by atoms with E-state index in [1.54, 1.807) is 6.07 Å². The van der Waals surface area contributed by atoms with Gasteiger partial charge in [0.25, 0.3) is 0 Å². The molecule has 0 atom stereocenters. The van der Waals surface area contributed by atoms with Crippen molar-refractivity contribution < 1.29 is 5.11 Å². The van der Waals surface area contributed by atoms with Gasteiger partial charge in [-0.1, -0.05) is 35.4 Å². The minimum atomic E-state index is 0. The van der Waals surface area contributed by atoms with Crippen LogP contribution in [0.2, 0.25) is 0 Å². The van der Waals surface area contributed by atoms with Crippen LogP contribution in [-0.4, -0.2) is 18.2 Å². The predicted molar refractivity (Wildman–Crippen MR) is 86.4 cm³/mol. The van der Waals surface area contributed by atoms with E-state index in [0.717, 1.165) is 18.8 Å². The number of phenolic OH excluding ortho intramolecular Hbond substituents is 1. The standard InChI is InChI=1S/C16H23NO.ClH/c1-13(2)9-11-17(12-10-14(3)4)15-7-5-6-8-16(15)18;/h5-10,18H,11-12H2,1-4H3;1H. The highest BCUT2D eigenvalue weighted by Gasteiger charge is 2.07. The number of hydrogen-bond donors (Lipinski definition) is 1. The molecule has 2 nitrogen and oxygen atoms in total. The molecular formula is C16H24ClNO. The lowest BCUT2D eigenvalue weighted by Gasteiger charge is -2.23. The van der Waals surface area contributed by atoms with Crippen LogP contribution in [0, 0.1) is 0 Å². The van der Waals surface area contributed by atoms with Crippen molar-refractivity contribution in [3.63, 3.8) is 0 Å². The molecule has 0 aliphatic carbocycles. The number of allylic oxidation sites excluding steroid dienone is 2. The van der Waals surface area contributed by atoms with Crippen molar-refractivity contribution >= 4 is 18.1 Å². The minimum absolute atomic E-state index is 0. The lowest BCUT2D eigenvalue weighted by Crippen LogP contribution is -2.23. The van der Waals surface area contributed by atoms with Crippen LogP contribution in [0.4, 0.5) is 5.69 Å². The van der Waals surface area contributed by atoms with Gasteiger partial charge in [-0.25, -0.2) is 0 Å². The Morgan fingerprint density at radius 1 is 1.00 bits per heavy atom. The van der Waals surface area contributed by atoms with E-state index in [2.05, 4.69) is 44.7 Å². The molecule has 0 aliphatic heterocycles. The molecule has 0 amide bonds. The number of para-hydroxylation sites is 2. The third kappa shape index (κ3) is 6.35. The Balaban J connectivity index is 0.00000324. The number of rotatable bonds is 5. The van der Waals surface area contributed by atoms with E-state index in [-0.39, 0.29) is 12.4 Å². The molecule has 1 aromatic carbocycles. The topological polar surface area (TPSA) is 23.5 Å². The lowest BCUT2D eigenvalue weighted by molar-refractivity contribution is 0.475. The molecule has 3 heteroatoms. The molecule has 0 aromatic heterocycles. The van der Waals surface area contributed by atoms with Crippen LogP contribution >= 0.6 is 12.4 Å². The Hall–Kier alpha value is -1.41. The van der Waals surface area contributed by atoms with Gasteiger partial charge in [0.1, 0.15) is 5.75 Å². The summed E-state index contributed by atoms with van der Waals surface area (Å²) in [5.41, 5.74) is 3.45. The maximum absolute atomic E-state index is 9.93. The molecule has 1 rings (SSSR count). The second kappa shape index (κ2) is 8.65. The van der Waals surface area contributed by atoms with Crippen molar-refractivity contribution in [1.29, 1.82) is 0 Å². The summed E-state index contributed by atoms with van der Waals surface area (Å²) in [6, 6.07) is 7.48. The molecule has 0 aliphatic rings. The Bertz CT molecular complexity index is 424. The van der Waals surface area contributed by atoms with Gasteiger partial charge in [0.15, 0.2) is 0 Å². The Labute approximate surface area is 122 Å². The van der Waals surface area contributed by atoms with E-state index < -0.39 is 0 Å². The van der Waals surface area contributed by atoms with E-state index in [4.69, 9.17) is 0 Å². The second-order valence-corrected chi connectivity index (χ2v) is 4.96. The molecule has 0 unspecified atom stereocenters. The zero-order valence-electron chi connectivity index (χ0n) is 12.2. The maximum Gasteiger partial charge on any atom is 0.138 e. The predicted octanol–water partition coefficient (Wildman–Crippen LogP) is 4.55. The molecule has 0 fully saturated rings. The summed E-state index contributed by atoms with van der Waals surface area (Å²) in [4.78, 5) is 2.16. The number of benzene rings is 1. The van der Waals surface area contributed by atoms with Crippen molar-refractivity contribution in [2.45, 2.75) is 27.7 Å². The first-order valence-corrected chi connectivity index (χ1v) is 6.30. The molecule has 0 saturated carbocycles. The van der Waals surface area contributed by atoms with Gasteiger partial charge in [-0.2, -0.15) is 0 Å². The zero-order valence-corrected chi connectivity index (χ0v) is 13.0.